The van der Waals surface area contributed by atoms with Gasteiger partial charge in [-0.3, -0.25) is 14.7 Å². The number of H-pyrrole nitrogens is 1. The topological polar surface area (TPSA) is 96.1 Å². The van der Waals surface area contributed by atoms with Crippen LogP contribution in [-0.2, 0) is 9.53 Å². The van der Waals surface area contributed by atoms with Crippen LogP contribution in [-0.4, -0.2) is 42.8 Å². The second-order valence-electron chi connectivity index (χ2n) is 3.00. The highest BCUT2D eigenvalue weighted by molar-refractivity contribution is 5.93. The Kier molecular flexibility index (Phi) is 4.31. The average Bonchev–Trinajstić information content (AvgIpc) is 2.77. The van der Waals surface area contributed by atoms with E-state index >= 15 is 0 Å². The number of hydrogen-bond acceptors (Lipinski definition) is 5. The molecule has 0 spiro atoms. The Hall–Kier alpha value is -2.05. The number of nitrogens with one attached hydrogen (secondary N) is 3. The molecule has 0 unspecified atom stereocenters. The molecule has 7 nitrogen and oxygen atoms in total. The van der Waals surface area contributed by atoms with Crippen molar-refractivity contribution in [2.24, 2.45) is 0 Å². The maximum atomic E-state index is 11.5. The summed E-state index contributed by atoms with van der Waals surface area (Å²) in [5.74, 6) is -0.0863. The SMILES string of the molecule is CNc1cc(C(=O)NCCC(=O)OC)[nH]n1. The van der Waals surface area contributed by atoms with Gasteiger partial charge in [0.2, 0.25) is 0 Å². The van der Waals surface area contributed by atoms with Gasteiger partial charge in [0.25, 0.3) is 5.91 Å². The van der Waals surface area contributed by atoms with Crippen LogP contribution in [0.5, 0.6) is 0 Å². The van der Waals surface area contributed by atoms with Crippen molar-refractivity contribution >= 4 is 17.7 Å². The van der Waals surface area contributed by atoms with Crippen LogP contribution in [0.25, 0.3) is 0 Å². The van der Waals surface area contributed by atoms with Crippen LogP contribution in [0.1, 0.15) is 16.9 Å². The summed E-state index contributed by atoms with van der Waals surface area (Å²) in [7, 11) is 3.01. The second kappa shape index (κ2) is 5.74. The molecule has 1 amide bonds. The van der Waals surface area contributed by atoms with Crippen molar-refractivity contribution in [3.8, 4) is 0 Å². The van der Waals surface area contributed by atoms with Crippen LogP contribution in [0.2, 0.25) is 0 Å². The quantitative estimate of drug-likeness (QED) is 0.601. The highest BCUT2D eigenvalue weighted by atomic mass is 16.5. The first-order valence-corrected chi connectivity index (χ1v) is 4.75. The van der Waals surface area contributed by atoms with Crippen molar-refractivity contribution in [2.75, 3.05) is 26.0 Å². The Morgan fingerprint density at radius 3 is 2.88 bits per heavy atom. The van der Waals surface area contributed by atoms with E-state index in [0.717, 1.165) is 0 Å². The van der Waals surface area contributed by atoms with Gasteiger partial charge in [0, 0.05) is 19.7 Å². The van der Waals surface area contributed by atoms with Gasteiger partial charge in [-0.2, -0.15) is 5.10 Å². The number of esters is 1. The molecule has 0 atom stereocenters. The number of aromatic nitrogens is 2. The first-order valence-electron chi connectivity index (χ1n) is 4.75. The van der Waals surface area contributed by atoms with Crippen LogP contribution in [0.15, 0.2) is 6.07 Å². The van der Waals surface area contributed by atoms with E-state index in [0.29, 0.717) is 11.5 Å². The zero-order valence-corrected chi connectivity index (χ0v) is 9.16. The van der Waals surface area contributed by atoms with Crippen LogP contribution in [0, 0.1) is 0 Å². The van der Waals surface area contributed by atoms with Gasteiger partial charge in [0.05, 0.1) is 13.5 Å². The molecule has 16 heavy (non-hydrogen) atoms. The Labute approximate surface area is 92.6 Å². The summed E-state index contributed by atoms with van der Waals surface area (Å²) < 4.78 is 4.44. The predicted molar refractivity (Wildman–Crippen MR) is 57.1 cm³/mol. The van der Waals surface area contributed by atoms with Gasteiger partial charge in [-0.15, -0.1) is 0 Å². The van der Waals surface area contributed by atoms with E-state index in [4.69, 9.17) is 0 Å². The second-order valence-corrected chi connectivity index (χ2v) is 3.00. The monoisotopic (exact) mass is 226 g/mol. The van der Waals surface area contributed by atoms with Crippen molar-refractivity contribution in [1.82, 2.24) is 15.5 Å². The number of ether oxygens (including phenoxy) is 1. The van der Waals surface area contributed by atoms with Gasteiger partial charge in [0.1, 0.15) is 11.5 Å². The van der Waals surface area contributed by atoms with Gasteiger partial charge < -0.3 is 15.4 Å². The number of nitrogens with zero attached hydrogens (tertiary/aromatic N) is 1. The van der Waals surface area contributed by atoms with Crippen molar-refractivity contribution in [3.05, 3.63) is 11.8 Å². The number of hydrogen-bond donors (Lipinski definition) is 3. The largest absolute Gasteiger partial charge is 0.469 e. The molecular weight excluding hydrogens is 212 g/mol. The van der Waals surface area contributed by atoms with Crippen LogP contribution in [0.4, 0.5) is 5.82 Å². The summed E-state index contributed by atoms with van der Waals surface area (Å²) >= 11 is 0. The van der Waals surface area contributed by atoms with Crippen LogP contribution in [0.3, 0.4) is 0 Å². The lowest BCUT2D eigenvalue weighted by Crippen LogP contribution is -2.26. The lowest BCUT2D eigenvalue weighted by Gasteiger charge is -2.01. The standard InChI is InChI=1S/C9H14N4O3/c1-10-7-5-6(12-13-7)9(15)11-4-3-8(14)16-2/h5H,3-4H2,1-2H3,(H,11,15)(H2,10,12,13). The normalized spacial score (nSPS) is 9.62. The van der Waals surface area contributed by atoms with Gasteiger partial charge in [-0.05, 0) is 0 Å². The minimum atomic E-state index is -0.360. The number of amides is 1. The van der Waals surface area contributed by atoms with Crippen molar-refractivity contribution in [1.29, 1.82) is 0 Å². The molecule has 0 radical (unpaired) electrons. The molecule has 1 aromatic rings. The molecule has 1 aromatic heterocycles. The van der Waals surface area contributed by atoms with E-state index in [9.17, 15) is 9.59 Å². The number of anilines is 1. The maximum Gasteiger partial charge on any atom is 0.307 e. The third-order valence-corrected chi connectivity index (χ3v) is 1.92. The fourth-order valence-corrected chi connectivity index (χ4v) is 1.04. The van der Waals surface area contributed by atoms with Crippen molar-refractivity contribution in [3.63, 3.8) is 0 Å². The summed E-state index contributed by atoms with van der Waals surface area (Å²) in [4.78, 5) is 22.3. The van der Waals surface area contributed by atoms with Gasteiger partial charge in [-0.1, -0.05) is 0 Å². The molecule has 3 N–H and O–H groups in total. The third kappa shape index (κ3) is 3.26. The van der Waals surface area contributed by atoms with E-state index in [1.54, 1.807) is 13.1 Å². The fourth-order valence-electron chi connectivity index (χ4n) is 1.04. The highest BCUT2D eigenvalue weighted by Gasteiger charge is 2.09. The van der Waals surface area contributed by atoms with E-state index < -0.39 is 0 Å². The summed E-state index contributed by atoms with van der Waals surface area (Å²) in [6, 6.07) is 1.58. The Balaban J connectivity index is 2.38. The Bertz CT molecular complexity index is 375. The number of carbonyl (C=O) groups is 2. The predicted octanol–water partition coefficient (Wildman–Crippen LogP) is -0.256. The summed E-state index contributed by atoms with van der Waals surface area (Å²) in [5.41, 5.74) is 0.342. The van der Waals surface area contributed by atoms with E-state index in [2.05, 4.69) is 25.6 Å². The fraction of sp³-hybridized carbons (Fsp3) is 0.444. The molecule has 0 bridgehead atoms. The van der Waals surface area contributed by atoms with E-state index in [-0.39, 0.29) is 24.8 Å². The Morgan fingerprint density at radius 1 is 1.56 bits per heavy atom. The average molecular weight is 226 g/mol. The smallest absolute Gasteiger partial charge is 0.307 e. The summed E-state index contributed by atoms with van der Waals surface area (Å²) in [6.07, 6.45) is 0.148. The number of methoxy groups -OCH3 is 1. The minimum absolute atomic E-state index is 0.148. The highest BCUT2D eigenvalue weighted by Crippen LogP contribution is 2.03. The molecule has 0 aliphatic heterocycles. The summed E-state index contributed by atoms with van der Waals surface area (Å²) in [6.45, 7) is 0.236. The number of aromatic amines is 1. The molecule has 0 fully saturated rings. The maximum absolute atomic E-state index is 11.5. The first-order chi connectivity index (χ1) is 7.67. The van der Waals surface area contributed by atoms with Crippen molar-refractivity contribution < 1.29 is 14.3 Å². The third-order valence-electron chi connectivity index (χ3n) is 1.92. The number of rotatable bonds is 5. The van der Waals surface area contributed by atoms with Crippen LogP contribution < -0.4 is 10.6 Å². The summed E-state index contributed by atoms with van der Waals surface area (Å²) in [5, 5.41) is 11.7. The van der Waals surface area contributed by atoms with Gasteiger partial charge in [0.15, 0.2) is 0 Å². The van der Waals surface area contributed by atoms with Gasteiger partial charge in [-0.25, -0.2) is 0 Å². The lowest BCUT2D eigenvalue weighted by atomic mass is 10.3. The van der Waals surface area contributed by atoms with E-state index in [1.807, 2.05) is 0 Å². The minimum Gasteiger partial charge on any atom is -0.469 e. The number of carbonyl (C=O) groups excluding carboxylic acids is 2. The molecule has 1 rings (SSSR count). The molecule has 0 saturated carbocycles. The molecule has 7 heteroatoms. The van der Waals surface area contributed by atoms with Crippen molar-refractivity contribution in [2.45, 2.75) is 6.42 Å². The molecular formula is C9H14N4O3. The zero-order chi connectivity index (χ0) is 12.0. The van der Waals surface area contributed by atoms with Gasteiger partial charge >= 0.3 is 5.97 Å². The molecule has 0 aromatic carbocycles. The Morgan fingerprint density at radius 2 is 2.31 bits per heavy atom. The molecule has 88 valence electrons. The molecule has 0 saturated heterocycles. The molecule has 1 heterocycles. The first kappa shape index (κ1) is 12.0. The van der Waals surface area contributed by atoms with E-state index in [1.165, 1.54) is 7.11 Å². The lowest BCUT2D eigenvalue weighted by molar-refractivity contribution is -0.140. The van der Waals surface area contributed by atoms with Crippen LogP contribution >= 0.6 is 0 Å². The molecule has 0 aliphatic carbocycles. The molecule has 0 aliphatic rings. The zero-order valence-electron chi connectivity index (χ0n) is 9.16.